The standard InChI is InChI=1S/C14H20ClN3O5/c1-14(2,3)23-13(20)17-9(11(19)22-5)6-8-7-10(21-4)18-12(15)16-8/h7,9H,6H2,1-5H3,(H,17,20)/t9-/m1/s1. The van der Waals surface area contributed by atoms with Crippen LogP contribution in [0.25, 0.3) is 0 Å². The fourth-order valence-electron chi connectivity index (χ4n) is 1.65. The molecule has 9 heteroatoms. The van der Waals surface area contributed by atoms with E-state index in [-0.39, 0.29) is 17.6 Å². The number of hydrogen-bond acceptors (Lipinski definition) is 7. The summed E-state index contributed by atoms with van der Waals surface area (Å²) >= 11 is 5.79. The number of aromatic nitrogens is 2. The minimum absolute atomic E-state index is 0.0276. The van der Waals surface area contributed by atoms with Gasteiger partial charge in [0.05, 0.1) is 19.9 Å². The Bertz CT molecular complexity index is 574. The highest BCUT2D eigenvalue weighted by Crippen LogP contribution is 2.14. The predicted molar refractivity (Wildman–Crippen MR) is 82.5 cm³/mol. The average molecular weight is 346 g/mol. The van der Waals surface area contributed by atoms with Gasteiger partial charge in [-0.1, -0.05) is 0 Å². The molecule has 0 radical (unpaired) electrons. The normalized spacial score (nSPS) is 12.3. The van der Waals surface area contributed by atoms with E-state index in [0.717, 1.165) is 0 Å². The number of ether oxygens (including phenoxy) is 3. The molecule has 0 aliphatic rings. The van der Waals surface area contributed by atoms with Gasteiger partial charge in [-0.25, -0.2) is 14.6 Å². The van der Waals surface area contributed by atoms with Gasteiger partial charge < -0.3 is 19.5 Å². The second-order valence-corrected chi connectivity index (χ2v) is 5.93. The number of amides is 1. The van der Waals surface area contributed by atoms with Crippen LogP contribution in [0.3, 0.4) is 0 Å². The molecule has 1 atom stereocenters. The third-order valence-electron chi connectivity index (χ3n) is 2.53. The van der Waals surface area contributed by atoms with Crippen LogP contribution < -0.4 is 10.1 Å². The van der Waals surface area contributed by atoms with Crippen molar-refractivity contribution in [1.29, 1.82) is 0 Å². The SMILES string of the molecule is COC(=O)[C@@H](Cc1cc(OC)nc(Cl)n1)NC(=O)OC(C)(C)C. The largest absolute Gasteiger partial charge is 0.481 e. The first-order valence-corrected chi connectivity index (χ1v) is 7.17. The summed E-state index contributed by atoms with van der Waals surface area (Å²) in [7, 11) is 2.65. The third-order valence-corrected chi connectivity index (χ3v) is 2.70. The summed E-state index contributed by atoms with van der Waals surface area (Å²) in [4.78, 5) is 31.5. The molecular formula is C14H20ClN3O5. The highest BCUT2D eigenvalue weighted by atomic mass is 35.5. The zero-order valence-electron chi connectivity index (χ0n) is 13.7. The number of esters is 1. The lowest BCUT2D eigenvalue weighted by Crippen LogP contribution is -2.45. The van der Waals surface area contributed by atoms with Crippen molar-refractivity contribution >= 4 is 23.7 Å². The fourth-order valence-corrected chi connectivity index (χ4v) is 1.84. The molecule has 1 aromatic rings. The van der Waals surface area contributed by atoms with Crippen LogP contribution in [0.2, 0.25) is 5.28 Å². The lowest BCUT2D eigenvalue weighted by Gasteiger charge is -2.22. The molecule has 1 rings (SSSR count). The zero-order chi connectivity index (χ0) is 17.6. The number of hydrogen-bond donors (Lipinski definition) is 1. The minimum Gasteiger partial charge on any atom is -0.481 e. The molecule has 1 N–H and O–H groups in total. The van der Waals surface area contributed by atoms with E-state index < -0.39 is 23.7 Å². The van der Waals surface area contributed by atoms with Crippen molar-refractivity contribution < 1.29 is 23.8 Å². The molecule has 0 unspecified atom stereocenters. The maximum Gasteiger partial charge on any atom is 0.408 e. The number of nitrogens with zero attached hydrogens (tertiary/aromatic N) is 2. The molecule has 0 spiro atoms. The van der Waals surface area contributed by atoms with Crippen LogP contribution in [-0.2, 0) is 20.7 Å². The van der Waals surface area contributed by atoms with E-state index in [4.69, 9.17) is 21.1 Å². The van der Waals surface area contributed by atoms with E-state index >= 15 is 0 Å². The van der Waals surface area contributed by atoms with Gasteiger partial charge in [0.25, 0.3) is 0 Å². The van der Waals surface area contributed by atoms with Gasteiger partial charge in [-0.05, 0) is 32.4 Å². The molecule has 0 aliphatic carbocycles. The number of nitrogens with one attached hydrogen (secondary N) is 1. The Morgan fingerprint density at radius 2 is 1.96 bits per heavy atom. The maximum atomic E-state index is 11.9. The summed E-state index contributed by atoms with van der Waals surface area (Å²) in [5.41, 5.74) is -0.278. The van der Waals surface area contributed by atoms with Gasteiger partial charge in [0.1, 0.15) is 11.6 Å². The van der Waals surface area contributed by atoms with Crippen LogP contribution in [0.5, 0.6) is 5.88 Å². The van der Waals surface area contributed by atoms with Crippen LogP contribution in [0.15, 0.2) is 6.07 Å². The van der Waals surface area contributed by atoms with Crippen molar-refractivity contribution in [3.8, 4) is 5.88 Å². The quantitative estimate of drug-likeness (QED) is 0.641. The number of alkyl carbamates (subject to hydrolysis) is 1. The van der Waals surface area contributed by atoms with Gasteiger partial charge in [0, 0.05) is 12.5 Å². The van der Waals surface area contributed by atoms with Crippen LogP contribution in [0.1, 0.15) is 26.5 Å². The van der Waals surface area contributed by atoms with Gasteiger partial charge >= 0.3 is 12.1 Å². The van der Waals surface area contributed by atoms with Gasteiger partial charge in [-0.15, -0.1) is 0 Å². The molecule has 0 bridgehead atoms. The van der Waals surface area contributed by atoms with E-state index in [1.807, 2.05) is 0 Å². The highest BCUT2D eigenvalue weighted by Gasteiger charge is 2.26. The van der Waals surface area contributed by atoms with Crippen molar-refractivity contribution in [2.75, 3.05) is 14.2 Å². The molecule has 128 valence electrons. The lowest BCUT2D eigenvalue weighted by atomic mass is 10.1. The zero-order valence-corrected chi connectivity index (χ0v) is 14.4. The second kappa shape index (κ2) is 7.96. The molecule has 23 heavy (non-hydrogen) atoms. The molecule has 1 aromatic heterocycles. The molecule has 0 aromatic carbocycles. The minimum atomic E-state index is -0.981. The van der Waals surface area contributed by atoms with Crippen molar-refractivity contribution in [2.24, 2.45) is 0 Å². The van der Waals surface area contributed by atoms with Gasteiger partial charge in [-0.3, -0.25) is 0 Å². The smallest absolute Gasteiger partial charge is 0.408 e. The van der Waals surface area contributed by atoms with Crippen molar-refractivity contribution in [1.82, 2.24) is 15.3 Å². The summed E-state index contributed by atoms with van der Waals surface area (Å²) in [6.07, 6.45) is -0.690. The number of rotatable bonds is 5. The highest BCUT2D eigenvalue weighted by molar-refractivity contribution is 6.28. The van der Waals surface area contributed by atoms with E-state index in [9.17, 15) is 9.59 Å². The molecule has 0 saturated heterocycles. The number of methoxy groups -OCH3 is 2. The topological polar surface area (TPSA) is 99.6 Å². The first-order chi connectivity index (χ1) is 10.6. The van der Waals surface area contributed by atoms with E-state index in [1.165, 1.54) is 20.3 Å². The summed E-state index contributed by atoms with van der Waals surface area (Å²) < 4.78 is 14.8. The third kappa shape index (κ3) is 6.68. The summed E-state index contributed by atoms with van der Waals surface area (Å²) in [6, 6.07) is 0.531. The van der Waals surface area contributed by atoms with E-state index in [2.05, 4.69) is 20.0 Å². The number of carbonyl (C=O) groups is 2. The summed E-state index contributed by atoms with van der Waals surface area (Å²) in [5.74, 6) is -0.384. The average Bonchev–Trinajstić information content (AvgIpc) is 2.43. The molecule has 8 nitrogen and oxygen atoms in total. The van der Waals surface area contributed by atoms with Crippen molar-refractivity contribution in [3.05, 3.63) is 17.0 Å². The Labute approximate surface area is 139 Å². The first-order valence-electron chi connectivity index (χ1n) is 6.79. The Balaban J connectivity index is 2.89. The van der Waals surface area contributed by atoms with E-state index in [1.54, 1.807) is 20.8 Å². The molecule has 0 fully saturated rings. The molecule has 1 heterocycles. The Kier molecular flexibility index (Phi) is 6.56. The molecule has 1 amide bonds. The monoisotopic (exact) mass is 345 g/mol. The number of carbonyl (C=O) groups excluding carboxylic acids is 2. The Morgan fingerprint density at radius 3 is 2.48 bits per heavy atom. The van der Waals surface area contributed by atoms with Gasteiger partial charge in [-0.2, -0.15) is 4.98 Å². The van der Waals surface area contributed by atoms with Gasteiger partial charge in [0.15, 0.2) is 0 Å². The number of halogens is 1. The summed E-state index contributed by atoms with van der Waals surface area (Å²) in [6.45, 7) is 5.15. The Morgan fingerprint density at radius 1 is 1.30 bits per heavy atom. The lowest BCUT2D eigenvalue weighted by molar-refractivity contribution is -0.143. The predicted octanol–water partition coefficient (Wildman–Crippen LogP) is 1.75. The molecule has 0 aliphatic heterocycles. The van der Waals surface area contributed by atoms with Crippen LogP contribution in [0, 0.1) is 0 Å². The summed E-state index contributed by atoms with van der Waals surface area (Å²) in [5, 5.41) is 2.42. The first kappa shape index (κ1) is 19.0. The fraction of sp³-hybridized carbons (Fsp3) is 0.571. The van der Waals surface area contributed by atoms with Crippen LogP contribution in [0.4, 0.5) is 4.79 Å². The molecule has 0 saturated carbocycles. The maximum absolute atomic E-state index is 11.9. The van der Waals surface area contributed by atoms with E-state index in [0.29, 0.717) is 5.69 Å². The van der Waals surface area contributed by atoms with Crippen LogP contribution in [-0.4, -0.2) is 47.9 Å². The second-order valence-electron chi connectivity index (χ2n) is 5.60. The Hall–Kier alpha value is -2.09. The van der Waals surface area contributed by atoms with Crippen molar-refractivity contribution in [3.63, 3.8) is 0 Å². The van der Waals surface area contributed by atoms with Crippen LogP contribution >= 0.6 is 11.6 Å². The van der Waals surface area contributed by atoms with Gasteiger partial charge in [0.2, 0.25) is 11.2 Å². The van der Waals surface area contributed by atoms with Crippen molar-refractivity contribution in [2.45, 2.75) is 38.8 Å². The molecular weight excluding hydrogens is 326 g/mol.